The van der Waals surface area contributed by atoms with Crippen molar-refractivity contribution in [2.24, 2.45) is 4.99 Å². The van der Waals surface area contributed by atoms with Gasteiger partial charge in [-0.25, -0.2) is 4.39 Å². The monoisotopic (exact) mass is 253 g/mol. The molecule has 1 heterocycles. The van der Waals surface area contributed by atoms with Crippen molar-refractivity contribution in [3.63, 3.8) is 0 Å². The van der Waals surface area contributed by atoms with Gasteiger partial charge in [0.2, 0.25) is 0 Å². The molecule has 2 aromatic rings. The number of rotatable bonds is 2. The zero-order chi connectivity index (χ0) is 13.4. The number of hydrogen-bond donors (Lipinski definition) is 0. The Morgan fingerprint density at radius 2 is 1.89 bits per heavy atom. The van der Waals surface area contributed by atoms with E-state index in [0.717, 1.165) is 22.4 Å². The van der Waals surface area contributed by atoms with Gasteiger partial charge in [0.25, 0.3) is 0 Å². The Morgan fingerprint density at radius 3 is 2.58 bits per heavy atom. The number of carbonyl (C=O) groups excluding carboxylic acids is 1. The highest BCUT2D eigenvalue weighted by Crippen LogP contribution is 2.24. The van der Waals surface area contributed by atoms with Crippen LogP contribution >= 0.6 is 0 Å². The van der Waals surface area contributed by atoms with Crippen molar-refractivity contribution in [1.82, 2.24) is 0 Å². The van der Waals surface area contributed by atoms with Gasteiger partial charge in [0, 0.05) is 16.7 Å². The topological polar surface area (TPSA) is 29.4 Å². The Hall–Kier alpha value is -2.29. The number of fused-ring (bicyclic) bond motifs is 1. The third-order valence-electron chi connectivity index (χ3n) is 3.29. The van der Waals surface area contributed by atoms with Crippen molar-refractivity contribution in [1.29, 1.82) is 0 Å². The predicted octanol–water partition coefficient (Wildman–Crippen LogP) is 3.38. The zero-order valence-corrected chi connectivity index (χ0v) is 10.5. The molecule has 0 unspecified atom stereocenters. The van der Waals surface area contributed by atoms with Gasteiger partial charge in [0.05, 0.1) is 12.3 Å². The Kier molecular flexibility index (Phi) is 2.75. The molecule has 0 radical (unpaired) electrons. The molecule has 0 atom stereocenters. The van der Waals surface area contributed by atoms with Gasteiger partial charge in [-0.2, -0.15) is 0 Å². The third kappa shape index (κ3) is 2.08. The second-order valence-electron chi connectivity index (χ2n) is 4.60. The van der Waals surface area contributed by atoms with Crippen LogP contribution in [0.25, 0.3) is 0 Å². The summed E-state index contributed by atoms with van der Waals surface area (Å²) >= 11 is 0. The molecule has 3 heteroatoms. The smallest absolute Gasteiger partial charge is 0.159 e. The van der Waals surface area contributed by atoms with E-state index in [-0.39, 0.29) is 11.6 Å². The molecule has 0 aliphatic carbocycles. The van der Waals surface area contributed by atoms with Crippen LogP contribution in [0.2, 0.25) is 0 Å². The van der Waals surface area contributed by atoms with E-state index in [2.05, 4.69) is 4.99 Å². The van der Waals surface area contributed by atoms with Crippen molar-refractivity contribution in [2.75, 3.05) is 0 Å². The summed E-state index contributed by atoms with van der Waals surface area (Å²) in [6.07, 6.45) is 0. The van der Waals surface area contributed by atoms with Crippen molar-refractivity contribution >= 4 is 11.5 Å². The minimum atomic E-state index is -0.234. The average molecular weight is 253 g/mol. The molecule has 0 fully saturated rings. The first-order valence-corrected chi connectivity index (χ1v) is 6.10. The van der Waals surface area contributed by atoms with E-state index in [1.54, 1.807) is 25.1 Å². The van der Waals surface area contributed by atoms with Crippen LogP contribution in [-0.2, 0) is 6.54 Å². The van der Waals surface area contributed by atoms with Crippen molar-refractivity contribution < 1.29 is 9.18 Å². The molecule has 0 bridgehead atoms. The summed E-state index contributed by atoms with van der Waals surface area (Å²) in [6, 6.07) is 12.1. The number of aliphatic imine (C=N–C) groups is 1. The molecular weight excluding hydrogens is 241 g/mol. The van der Waals surface area contributed by atoms with Gasteiger partial charge in [-0.1, -0.05) is 24.3 Å². The molecule has 3 rings (SSSR count). The molecule has 1 aliphatic heterocycles. The highest BCUT2D eigenvalue weighted by molar-refractivity contribution is 6.15. The van der Waals surface area contributed by atoms with Gasteiger partial charge in [-0.05, 0) is 30.7 Å². The maximum atomic E-state index is 13.1. The van der Waals surface area contributed by atoms with Crippen molar-refractivity contribution in [3.05, 3.63) is 70.5 Å². The van der Waals surface area contributed by atoms with Crippen LogP contribution in [0.5, 0.6) is 0 Å². The molecule has 0 aromatic heterocycles. The number of halogens is 1. The predicted molar refractivity (Wildman–Crippen MR) is 72.2 cm³/mol. The first kappa shape index (κ1) is 11.8. The second kappa shape index (κ2) is 4.43. The lowest BCUT2D eigenvalue weighted by Gasteiger charge is -2.05. The molecule has 0 N–H and O–H groups in total. The Balaban J connectivity index is 1.99. The van der Waals surface area contributed by atoms with Crippen molar-refractivity contribution in [2.45, 2.75) is 13.5 Å². The quantitative estimate of drug-likeness (QED) is 0.754. The van der Waals surface area contributed by atoms with Crippen LogP contribution in [0.4, 0.5) is 4.39 Å². The Morgan fingerprint density at radius 1 is 1.16 bits per heavy atom. The summed E-state index contributed by atoms with van der Waals surface area (Å²) in [5, 5.41) is 0. The lowest BCUT2D eigenvalue weighted by Crippen LogP contribution is -2.02. The van der Waals surface area contributed by atoms with E-state index in [9.17, 15) is 9.18 Å². The Labute approximate surface area is 110 Å². The molecule has 0 saturated heterocycles. The largest absolute Gasteiger partial charge is 0.295 e. The summed E-state index contributed by atoms with van der Waals surface area (Å²) in [5.74, 6) is -0.190. The fraction of sp³-hybridized carbons (Fsp3) is 0.125. The number of benzene rings is 2. The number of ketones is 1. The van der Waals surface area contributed by atoms with Crippen LogP contribution in [-0.4, -0.2) is 11.5 Å². The lowest BCUT2D eigenvalue weighted by atomic mass is 9.99. The van der Waals surface area contributed by atoms with E-state index in [4.69, 9.17) is 0 Å². The van der Waals surface area contributed by atoms with Gasteiger partial charge in [0.1, 0.15) is 5.82 Å². The summed E-state index contributed by atoms with van der Waals surface area (Å²) < 4.78 is 13.1. The molecule has 2 nitrogen and oxygen atoms in total. The number of nitrogens with zero attached hydrogens (tertiary/aromatic N) is 1. The lowest BCUT2D eigenvalue weighted by molar-refractivity contribution is 0.101. The highest BCUT2D eigenvalue weighted by atomic mass is 19.1. The van der Waals surface area contributed by atoms with E-state index in [1.807, 2.05) is 12.1 Å². The normalized spacial score (nSPS) is 13.1. The highest BCUT2D eigenvalue weighted by Gasteiger charge is 2.17. The first-order chi connectivity index (χ1) is 9.15. The molecule has 2 aromatic carbocycles. The summed E-state index contributed by atoms with van der Waals surface area (Å²) in [4.78, 5) is 15.7. The zero-order valence-electron chi connectivity index (χ0n) is 10.5. The molecule has 1 aliphatic rings. The number of carbonyl (C=O) groups is 1. The van der Waals surface area contributed by atoms with Crippen LogP contribution in [0, 0.1) is 5.82 Å². The van der Waals surface area contributed by atoms with Crippen LogP contribution in [0.1, 0.15) is 34.0 Å². The minimum absolute atomic E-state index is 0.0439. The van der Waals surface area contributed by atoms with Crippen molar-refractivity contribution in [3.8, 4) is 0 Å². The SMILES string of the molecule is CC(=O)c1ccc(C2=NCc3cc(F)ccc32)cc1. The fourth-order valence-electron chi connectivity index (χ4n) is 2.28. The number of Topliss-reactive ketones (excluding diaryl/α,β-unsaturated/α-hetero) is 1. The molecular formula is C16H12FNO. The number of hydrogen-bond acceptors (Lipinski definition) is 2. The summed E-state index contributed by atoms with van der Waals surface area (Å²) in [6.45, 7) is 2.05. The van der Waals surface area contributed by atoms with Gasteiger partial charge in [-0.3, -0.25) is 9.79 Å². The summed E-state index contributed by atoms with van der Waals surface area (Å²) in [5.41, 5.74) is 4.38. The van der Waals surface area contributed by atoms with Gasteiger partial charge in [0.15, 0.2) is 5.78 Å². The summed E-state index contributed by atoms with van der Waals surface area (Å²) in [7, 11) is 0. The van der Waals surface area contributed by atoms with Crippen LogP contribution in [0.15, 0.2) is 47.5 Å². The fourth-order valence-corrected chi connectivity index (χ4v) is 2.28. The van der Waals surface area contributed by atoms with E-state index in [0.29, 0.717) is 12.1 Å². The van der Waals surface area contributed by atoms with Gasteiger partial charge in [-0.15, -0.1) is 0 Å². The maximum absolute atomic E-state index is 13.1. The first-order valence-electron chi connectivity index (χ1n) is 6.10. The second-order valence-corrected chi connectivity index (χ2v) is 4.60. The Bertz CT molecular complexity index is 686. The third-order valence-corrected chi connectivity index (χ3v) is 3.29. The molecule has 0 amide bonds. The standard InChI is InChI=1S/C16H12FNO/c1-10(19)11-2-4-12(5-3-11)16-15-7-6-14(17)8-13(15)9-18-16/h2-8H,9H2,1H3. The molecule has 94 valence electrons. The van der Waals surface area contributed by atoms with E-state index in [1.165, 1.54) is 12.1 Å². The molecule has 0 spiro atoms. The van der Waals surface area contributed by atoms with Gasteiger partial charge < -0.3 is 0 Å². The van der Waals surface area contributed by atoms with Crippen LogP contribution in [0.3, 0.4) is 0 Å². The van der Waals surface area contributed by atoms with E-state index >= 15 is 0 Å². The van der Waals surface area contributed by atoms with E-state index < -0.39 is 0 Å². The molecule has 0 saturated carbocycles. The van der Waals surface area contributed by atoms with Crippen LogP contribution < -0.4 is 0 Å². The molecule has 19 heavy (non-hydrogen) atoms. The minimum Gasteiger partial charge on any atom is -0.295 e. The average Bonchev–Trinajstić information content (AvgIpc) is 2.81. The maximum Gasteiger partial charge on any atom is 0.159 e. The van der Waals surface area contributed by atoms with Gasteiger partial charge >= 0.3 is 0 Å².